The molecule has 4 aromatic rings. The summed E-state index contributed by atoms with van der Waals surface area (Å²) >= 11 is 3.53. The number of halogens is 1. The van der Waals surface area contributed by atoms with Crippen LogP contribution in [0, 0.1) is 0 Å². The maximum absolute atomic E-state index is 12.7. The number of carbonyl (C=O) groups is 1. The van der Waals surface area contributed by atoms with Crippen LogP contribution in [-0.4, -0.2) is 60.3 Å². The van der Waals surface area contributed by atoms with Gasteiger partial charge in [0.15, 0.2) is 5.65 Å². The van der Waals surface area contributed by atoms with Crippen LogP contribution in [0.4, 0.5) is 16.7 Å². The van der Waals surface area contributed by atoms with E-state index in [1.807, 2.05) is 39.0 Å². The topological polar surface area (TPSA) is 110 Å². The molecule has 3 aromatic heterocycles. The summed E-state index contributed by atoms with van der Waals surface area (Å²) in [6, 6.07) is 14.1. The minimum Gasteiger partial charge on any atom is -0.444 e. The van der Waals surface area contributed by atoms with Gasteiger partial charge in [-0.2, -0.15) is 19.6 Å². The summed E-state index contributed by atoms with van der Waals surface area (Å²) in [6.07, 6.45) is 5.03. The molecule has 5 rings (SSSR count). The van der Waals surface area contributed by atoms with Crippen LogP contribution in [0.3, 0.4) is 0 Å². The third-order valence-corrected chi connectivity index (χ3v) is 6.75. The van der Waals surface area contributed by atoms with Gasteiger partial charge < -0.3 is 20.3 Å². The van der Waals surface area contributed by atoms with Crippen LogP contribution >= 0.6 is 15.9 Å². The lowest BCUT2D eigenvalue weighted by atomic mass is 10.1. The number of nitrogens with one attached hydrogen (secondary N) is 2. The number of aromatic nitrogens is 5. The molecular formula is C27H31BrN8O2. The maximum atomic E-state index is 12.7. The number of fused-ring (bicyclic) bond motifs is 1. The predicted octanol–water partition coefficient (Wildman–Crippen LogP) is 5.37. The van der Waals surface area contributed by atoms with Crippen molar-refractivity contribution >= 4 is 39.6 Å². The summed E-state index contributed by atoms with van der Waals surface area (Å²) in [5, 5.41) is 11.1. The standard InChI is InChI=1S/C27H31BrN8O2/c1-27(2,3)38-26(37)35-14-6-7-20(35)16-30-24-33-23-21(28)17-32-36(23)25(34-24)31-15-18-9-11-19(12-10-18)22-8-4-5-13-29-22/h4-5,8-13,17,20H,6-7,14-16H2,1-3H3,(H2,30,31,33,34)/t20-/m0/s1. The molecule has 1 aliphatic heterocycles. The molecule has 2 N–H and O–H groups in total. The van der Waals surface area contributed by atoms with Gasteiger partial charge in [-0.1, -0.05) is 30.3 Å². The number of pyridine rings is 1. The zero-order chi connectivity index (χ0) is 26.7. The fourth-order valence-electron chi connectivity index (χ4n) is 4.37. The van der Waals surface area contributed by atoms with Crippen LogP contribution in [0.25, 0.3) is 16.9 Å². The van der Waals surface area contributed by atoms with Gasteiger partial charge in [-0.05, 0) is 67.2 Å². The molecule has 0 unspecified atom stereocenters. The summed E-state index contributed by atoms with van der Waals surface area (Å²) in [5.41, 5.74) is 3.21. The lowest BCUT2D eigenvalue weighted by Gasteiger charge is -2.28. The highest BCUT2D eigenvalue weighted by molar-refractivity contribution is 9.10. The maximum Gasteiger partial charge on any atom is 0.410 e. The lowest BCUT2D eigenvalue weighted by molar-refractivity contribution is 0.0235. The number of carbonyl (C=O) groups excluding carboxylic acids is 1. The van der Waals surface area contributed by atoms with E-state index in [0.29, 0.717) is 37.2 Å². The van der Waals surface area contributed by atoms with Gasteiger partial charge >= 0.3 is 6.09 Å². The first-order valence-electron chi connectivity index (χ1n) is 12.7. The predicted molar refractivity (Wildman–Crippen MR) is 150 cm³/mol. The Morgan fingerprint density at radius 1 is 1.13 bits per heavy atom. The Morgan fingerprint density at radius 2 is 1.95 bits per heavy atom. The Hall–Kier alpha value is -3.73. The molecule has 0 radical (unpaired) electrons. The number of amides is 1. The van der Waals surface area contributed by atoms with E-state index in [2.05, 4.69) is 70.9 Å². The second kappa shape index (κ2) is 10.9. The number of hydrogen-bond donors (Lipinski definition) is 2. The van der Waals surface area contributed by atoms with Crippen LogP contribution in [0.2, 0.25) is 0 Å². The van der Waals surface area contributed by atoms with E-state index in [1.165, 1.54) is 0 Å². The molecule has 0 bridgehead atoms. The van der Waals surface area contributed by atoms with Gasteiger partial charge in [-0.25, -0.2) is 4.79 Å². The molecule has 10 nitrogen and oxygen atoms in total. The third kappa shape index (κ3) is 6.04. The molecular weight excluding hydrogens is 548 g/mol. The number of hydrogen-bond acceptors (Lipinski definition) is 8. The van der Waals surface area contributed by atoms with Crippen molar-refractivity contribution in [1.82, 2.24) is 29.5 Å². The molecule has 1 saturated heterocycles. The summed E-state index contributed by atoms with van der Waals surface area (Å²) in [7, 11) is 0. The number of likely N-dealkylation sites (tertiary alicyclic amines) is 1. The van der Waals surface area contributed by atoms with Crippen molar-refractivity contribution in [3.05, 3.63) is 64.9 Å². The van der Waals surface area contributed by atoms with Crippen molar-refractivity contribution in [3.8, 4) is 11.3 Å². The fourth-order valence-corrected chi connectivity index (χ4v) is 4.72. The Balaban J connectivity index is 1.28. The van der Waals surface area contributed by atoms with Crippen LogP contribution in [0.15, 0.2) is 59.3 Å². The number of anilines is 2. The second-order valence-corrected chi connectivity index (χ2v) is 11.1. The molecule has 198 valence electrons. The quantitative estimate of drug-likeness (QED) is 0.301. The number of ether oxygens (including phenoxy) is 1. The Labute approximate surface area is 230 Å². The monoisotopic (exact) mass is 578 g/mol. The van der Waals surface area contributed by atoms with Crippen LogP contribution in [0.1, 0.15) is 39.2 Å². The first-order chi connectivity index (χ1) is 18.3. The Bertz CT molecular complexity index is 1400. The number of benzene rings is 1. The molecule has 0 aliphatic carbocycles. The van der Waals surface area contributed by atoms with Crippen molar-refractivity contribution in [2.75, 3.05) is 23.7 Å². The summed E-state index contributed by atoms with van der Waals surface area (Å²) in [6.45, 7) is 7.40. The van der Waals surface area contributed by atoms with E-state index >= 15 is 0 Å². The van der Waals surface area contributed by atoms with Gasteiger partial charge in [0.2, 0.25) is 11.9 Å². The van der Waals surface area contributed by atoms with Gasteiger partial charge in [0.1, 0.15) is 5.60 Å². The molecule has 1 aromatic carbocycles. The summed E-state index contributed by atoms with van der Waals surface area (Å²) < 4.78 is 8.02. The van der Waals surface area contributed by atoms with Crippen molar-refractivity contribution in [1.29, 1.82) is 0 Å². The van der Waals surface area contributed by atoms with Gasteiger partial charge in [0, 0.05) is 31.4 Å². The minimum absolute atomic E-state index is 0.00653. The molecule has 1 amide bonds. The number of rotatable bonds is 7. The third-order valence-electron chi connectivity index (χ3n) is 6.19. The second-order valence-electron chi connectivity index (χ2n) is 10.2. The van der Waals surface area contributed by atoms with Crippen molar-refractivity contribution in [3.63, 3.8) is 0 Å². The highest BCUT2D eigenvalue weighted by Crippen LogP contribution is 2.24. The van der Waals surface area contributed by atoms with Gasteiger partial charge in [-0.15, -0.1) is 0 Å². The molecule has 4 heterocycles. The van der Waals surface area contributed by atoms with E-state index in [1.54, 1.807) is 21.8 Å². The molecule has 11 heteroatoms. The van der Waals surface area contributed by atoms with E-state index in [0.717, 1.165) is 34.1 Å². The highest BCUT2D eigenvalue weighted by Gasteiger charge is 2.32. The van der Waals surface area contributed by atoms with Crippen molar-refractivity contribution in [2.24, 2.45) is 0 Å². The SMILES string of the molecule is CC(C)(C)OC(=O)N1CCC[C@H]1CNc1nc(NCc2ccc(-c3ccccn3)cc2)n2ncc(Br)c2n1. The summed E-state index contributed by atoms with van der Waals surface area (Å²) in [4.78, 5) is 28.2. The van der Waals surface area contributed by atoms with Crippen LogP contribution in [-0.2, 0) is 11.3 Å². The van der Waals surface area contributed by atoms with Crippen molar-refractivity contribution < 1.29 is 9.53 Å². The zero-order valence-corrected chi connectivity index (χ0v) is 23.3. The van der Waals surface area contributed by atoms with Crippen molar-refractivity contribution in [2.45, 2.75) is 51.8 Å². The minimum atomic E-state index is -0.528. The smallest absolute Gasteiger partial charge is 0.410 e. The van der Waals surface area contributed by atoms with Gasteiger partial charge in [0.05, 0.1) is 22.4 Å². The first kappa shape index (κ1) is 25.9. The molecule has 0 saturated carbocycles. The van der Waals surface area contributed by atoms with E-state index < -0.39 is 5.60 Å². The largest absolute Gasteiger partial charge is 0.444 e. The average Bonchev–Trinajstić information content (AvgIpc) is 3.53. The normalized spacial score (nSPS) is 15.6. The van der Waals surface area contributed by atoms with E-state index in [4.69, 9.17) is 4.74 Å². The van der Waals surface area contributed by atoms with E-state index in [9.17, 15) is 4.79 Å². The van der Waals surface area contributed by atoms with Crippen LogP contribution < -0.4 is 10.6 Å². The zero-order valence-electron chi connectivity index (χ0n) is 21.7. The van der Waals surface area contributed by atoms with E-state index in [-0.39, 0.29) is 12.1 Å². The molecule has 1 aliphatic rings. The first-order valence-corrected chi connectivity index (χ1v) is 13.4. The van der Waals surface area contributed by atoms with Gasteiger partial charge in [0.25, 0.3) is 0 Å². The van der Waals surface area contributed by atoms with Crippen LogP contribution in [0.5, 0.6) is 0 Å². The lowest BCUT2D eigenvalue weighted by Crippen LogP contribution is -2.42. The molecule has 1 atom stereocenters. The molecule has 1 fully saturated rings. The molecule has 0 spiro atoms. The van der Waals surface area contributed by atoms with Gasteiger partial charge in [-0.3, -0.25) is 4.98 Å². The highest BCUT2D eigenvalue weighted by atomic mass is 79.9. The molecule has 38 heavy (non-hydrogen) atoms. The average molecular weight is 580 g/mol. The Kier molecular flexibility index (Phi) is 7.46. The fraction of sp³-hybridized carbons (Fsp3) is 0.370. The Morgan fingerprint density at radius 3 is 2.68 bits per heavy atom. The summed E-state index contributed by atoms with van der Waals surface area (Å²) in [5.74, 6) is 1.02. The number of nitrogens with zero attached hydrogens (tertiary/aromatic N) is 6.